The largest absolute Gasteiger partial charge is 0.357 e. The molecule has 22 heavy (non-hydrogen) atoms. The van der Waals surface area contributed by atoms with Gasteiger partial charge in [-0.15, -0.1) is 24.0 Å². The van der Waals surface area contributed by atoms with Crippen LogP contribution in [0.5, 0.6) is 0 Å². The van der Waals surface area contributed by atoms with E-state index >= 15 is 0 Å². The second-order valence-corrected chi connectivity index (χ2v) is 5.74. The maximum Gasteiger partial charge on any atom is 0.191 e. The van der Waals surface area contributed by atoms with Gasteiger partial charge in [-0.25, -0.2) is 9.98 Å². The van der Waals surface area contributed by atoms with E-state index in [1.54, 1.807) is 11.0 Å². The number of aryl methyl sites for hydroxylation is 1. The molecule has 1 aliphatic carbocycles. The van der Waals surface area contributed by atoms with Crippen molar-refractivity contribution in [3.63, 3.8) is 0 Å². The Hall–Kier alpha value is -0.900. The average Bonchev–Trinajstić information content (AvgIpc) is 3.19. The van der Waals surface area contributed by atoms with Gasteiger partial charge in [0.05, 0.1) is 0 Å². The lowest BCUT2D eigenvalue weighted by molar-refractivity contribution is 0.264. The van der Waals surface area contributed by atoms with Gasteiger partial charge >= 0.3 is 0 Å². The Morgan fingerprint density at radius 1 is 1.45 bits per heavy atom. The SMILES string of the molecule is CCNC(=NCc1ncnn1C)NCC(C1CC1)N(C)C.I. The van der Waals surface area contributed by atoms with Crippen molar-refractivity contribution in [1.29, 1.82) is 0 Å². The van der Waals surface area contributed by atoms with E-state index in [2.05, 4.69) is 51.6 Å². The Balaban J connectivity index is 0.00000242. The first-order valence-corrected chi connectivity index (χ1v) is 7.63. The zero-order valence-corrected chi connectivity index (χ0v) is 16.2. The van der Waals surface area contributed by atoms with Crippen LogP contribution >= 0.6 is 24.0 Å². The molecule has 126 valence electrons. The zero-order chi connectivity index (χ0) is 15.2. The van der Waals surface area contributed by atoms with Crippen molar-refractivity contribution >= 4 is 29.9 Å². The van der Waals surface area contributed by atoms with Gasteiger partial charge in [-0.1, -0.05) is 0 Å². The first-order chi connectivity index (χ1) is 10.1. The van der Waals surface area contributed by atoms with Gasteiger partial charge in [0.2, 0.25) is 0 Å². The van der Waals surface area contributed by atoms with E-state index in [-0.39, 0.29) is 24.0 Å². The monoisotopic (exact) mass is 421 g/mol. The third kappa shape index (κ3) is 5.71. The summed E-state index contributed by atoms with van der Waals surface area (Å²) in [6.07, 6.45) is 4.24. The fourth-order valence-corrected chi connectivity index (χ4v) is 2.41. The average molecular weight is 421 g/mol. The Kier molecular flexibility index (Phi) is 8.08. The number of halogens is 1. The molecule has 2 rings (SSSR count). The number of guanidine groups is 1. The summed E-state index contributed by atoms with van der Waals surface area (Å²) in [6.45, 7) is 4.37. The maximum atomic E-state index is 4.58. The Labute approximate surface area is 150 Å². The molecule has 2 N–H and O–H groups in total. The Bertz CT molecular complexity index is 466. The lowest BCUT2D eigenvalue weighted by Crippen LogP contribution is -2.46. The lowest BCUT2D eigenvalue weighted by Gasteiger charge is -2.25. The summed E-state index contributed by atoms with van der Waals surface area (Å²) >= 11 is 0. The molecule has 0 spiro atoms. The highest BCUT2D eigenvalue weighted by atomic mass is 127. The van der Waals surface area contributed by atoms with Crippen LogP contribution in [-0.4, -0.2) is 58.9 Å². The van der Waals surface area contributed by atoms with Crippen LogP contribution in [0.15, 0.2) is 11.3 Å². The van der Waals surface area contributed by atoms with Crippen LogP contribution in [0.4, 0.5) is 0 Å². The third-order valence-corrected chi connectivity index (χ3v) is 3.84. The number of hydrogen-bond acceptors (Lipinski definition) is 4. The van der Waals surface area contributed by atoms with E-state index in [9.17, 15) is 0 Å². The van der Waals surface area contributed by atoms with Gasteiger partial charge < -0.3 is 15.5 Å². The molecule has 1 aromatic rings. The molecule has 1 aliphatic rings. The van der Waals surface area contributed by atoms with E-state index in [1.807, 2.05) is 7.05 Å². The van der Waals surface area contributed by atoms with E-state index in [0.717, 1.165) is 30.8 Å². The minimum Gasteiger partial charge on any atom is -0.357 e. The standard InChI is InChI=1S/C14H27N7.HI/c1-5-15-14(17-9-13-18-10-19-21(13)4)16-8-12(20(2)3)11-6-7-11;/h10-12H,5-9H2,1-4H3,(H2,15,16,17);1H. The minimum atomic E-state index is 0. The van der Waals surface area contributed by atoms with Crippen LogP contribution in [0, 0.1) is 5.92 Å². The molecular formula is C14H28IN7. The molecule has 1 unspecified atom stereocenters. The summed E-state index contributed by atoms with van der Waals surface area (Å²) in [5.41, 5.74) is 0. The van der Waals surface area contributed by atoms with E-state index in [1.165, 1.54) is 12.8 Å². The zero-order valence-electron chi connectivity index (χ0n) is 13.9. The van der Waals surface area contributed by atoms with Gasteiger partial charge in [0.15, 0.2) is 5.96 Å². The fraction of sp³-hybridized carbons (Fsp3) is 0.786. The summed E-state index contributed by atoms with van der Waals surface area (Å²) in [5.74, 6) is 2.53. The van der Waals surface area contributed by atoms with Crippen LogP contribution < -0.4 is 10.6 Å². The summed E-state index contributed by atoms with van der Waals surface area (Å²) < 4.78 is 1.75. The molecular weight excluding hydrogens is 393 g/mol. The highest BCUT2D eigenvalue weighted by Gasteiger charge is 2.32. The van der Waals surface area contributed by atoms with Gasteiger partial charge in [-0.2, -0.15) is 5.10 Å². The number of hydrogen-bond donors (Lipinski definition) is 2. The van der Waals surface area contributed by atoms with E-state index in [4.69, 9.17) is 0 Å². The number of rotatable bonds is 7. The van der Waals surface area contributed by atoms with Crippen molar-refractivity contribution in [2.24, 2.45) is 18.0 Å². The van der Waals surface area contributed by atoms with Crippen LogP contribution in [-0.2, 0) is 13.6 Å². The van der Waals surface area contributed by atoms with Crippen LogP contribution in [0.3, 0.4) is 0 Å². The Morgan fingerprint density at radius 3 is 2.68 bits per heavy atom. The molecule has 8 heteroatoms. The topological polar surface area (TPSA) is 70.4 Å². The quantitative estimate of drug-likeness (QED) is 0.388. The van der Waals surface area contributed by atoms with E-state index in [0.29, 0.717) is 12.6 Å². The fourth-order valence-electron chi connectivity index (χ4n) is 2.41. The van der Waals surface area contributed by atoms with E-state index < -0.39 is 0 Å². The van der Waals surface area contributed by atoms with Gasteiger partial charge in [0.25, 0.3) is 0 Å². The van der Waals surface area contributed by atoms with Gasteiger partial charge in [0, 0.05) is 26.2 Å². The third-order valence-electron chi connectivity index (χ3n) is 3.84. The summed E-state index contributed by atoms with van der Waals surface area (Å²) in [7, 11) is 6.18. The van der Waals surface area contributed by atoms with Crippen molar-refractivity contribution < 1.29 is 0 Å². The summed E-state index contributed by atoms with van der Waals surface area (Å²) in [5, 5.41) is 10.8. The van der Waals surface area contributed by atoms with Crippen LogP contribution in [0.1, 0.15) is 25.6 Å². The van der Waals surface area contributed by atoms with Gasteiger partial charge in [-0.3, -0.25) is 4.68 Å². The van der Waals surface area contributed by atoms with Gasteiger partial charge in [0.1, 0.15) is 18.7 Å². The molecule has 7 nitrogen and oxygen atoms in total. The first kappa shape index (κ1) is 19.1. The second-order valence-electron chi connectivity index (χ2n) is 5.74. The van der Waals surface area contributed by atoms with Crippen molar-refractivity contribution in [3.8, 4) is 0 Å². The first-order valence-electron chi connectivity index (χ1n) is 7.63. The predicted octanol–water partition coefficient (Wildman–Crippen LogP) is 0.828. The van der Waals surface area contributed by atoms with Gasteiger partial charge in [-0.05, 0) is 39.8 Å². The molecule has 0 amide bonds. The smallest absolute Gasteiger partial charge is 0.191 e. The number of likely N-dealkylation sites (N-methyl/N-ethyl adjacent to an activating group) is 1. The molecule has 0 radical (unpaired) electrons. The van der Waals surface area contributed by atoms with Crippen molar-refractivity contribution in [2.75, 3.05) is 27.2 Å². The predicted molar refractivity (Wildman–Crippen MR) is 99.4 cm³/mol. The second kappa shape index (κ2) is 9.29. The van der Waals surface area contributed by atoms with Crippen molar-refractivity contribution in [2.45, 2.75) is 32.4 Å². The molecule has 1 aromatic heterocycles. The number of aromatic nitrogens is 3. The molecule has 1 atom stereocenters. The lowest BCUT2D eigenvalue weighted by atomic mass is 10.1. The molecule has 0 aromatic carbocycles. The van der Waals surface area contributed by atoms with Crippen molar-refractivity contribution in [1.82, 2.24) is 30.3 Å². The van der Waals surface area contributed by atoms with Crippen LogP contribution in [0.2, 0.25) is 0 Å². The summed E-state index contributed by atoms with van der Waals surface area (Å²) in [6, 6.07) is 0.573. The molecule has 1 heterocycles. The Morgan fingerprint density at radius 2 is 2.18 bits per heavy atom. The van der Waals surface area contributed by atoms with Crippen LogP contribution in [0.25, 0.3) is 0 Å². The molecule has 1 saturated carbocycles. The molecule has 0 aliphatic heterocycles. The number of nitrogens with one attached hydrogen (secondary N) is 2. The molecule has 0 saturated heterocycles. The summed E-state index contributed by atoms with van der Waals surface area (Å²) in [4.78, 5) is 11.1. The van der Waals surface area contributed by atoms with Crippen molar-refractivity contribution in [3.05, 3.63) is 12.2 Å². The minimum absolute atomic E-state index is 0. The normalized spacial score (nSPS) is 16.3. The molecule has 1 fully saturated rings. The highest BCUT2D eigenvalue weighted by Crippen LogP contribution is 2.34. The highest BCUT2D eigenvalue weighted by molar-refractivity contribution is 14.0. The maximum absolute atomic E-state index is 4.58. The molecule has 0 bridgehead atoms. The number of aliphatic imine (C=N–C) groups is 1. The number of nitrogens with zero attached hydrogens (tertiary/aromatic N) is 5.